The van der Waals surface area contributed by atoms with Crippen molar-refractivity contribution in [1.82, 2.24) is 10.2 Å². The van der Waals surface area contributed by atoms with E-state index in [9.17, 15) is 0 Å². The molecule has 1 aliphatic heterocycles. The van der Waals surface area contributed by atoms with Crippen LogP contribution in [0.4, 0.5) is 0 Å². The molecule has 5 heteroatoms. The van der Waals surface area contributed by atoms with Crippen LogP contribution < -0.4 is 0 Å². The van der Waals surface area contributed by atoms with Gasteiger partial charge in [0.05, 0.1) is 18.6 Å². The second-order valence-electron chi connectivity index (χ2n) is 3.49. The van der Waals surface area contributed by atoms with E-state index >= 15 is 0 Å². The van der Waals surface area contributed by atoms with E-state index in [0.29, 0.717) is 31.6 Å². The van der Waals surface area contributed by atoms with Gasteiger partial charge in [-0.2, -0.15) is 0 Å². The van der Waals surface area contributed by atoms with Gasteiger partial charge in [-0.25, -0.2) is 0 Å². The van der Waals surface area contributed by atoms with Crippen LogP contribution in [0.3, 0.4) is 0 Å². The zero-order valence-electron chi connectivity index (χ0n) is 7.74. The van der Waals surface area contributed by atoms with Crippen molar-refractivity contribution in [3.63, 3.8) is 0 Å². The Labute approximate surface area is 76.0 Å². The zero-order valence-corrected chi connectivity index (χ0v) is 7.74. The van der Waals surface area contributed by atoms with Crippen molar-refractivity contribution >= 4 is 0 Å². The predicted octanol–water partition coefficient (Wildman–Crippen LogP) is 0.504. The minimum Gasteiger partial charge on any atom is -0.422 e. The summed E-state index contributed by atoms with van der Waals surface area (Å²) in [5.41, 5.74) is -0.0843. The highest BCUT2D eigenvalue weighted by molar-refractivity contribution is 5.06. The number of aromatic nitrogens is 2. The van der Waals surface area contributed by atoms with Gasteiger partial charge in [0.2, 0.25) is 11.8 Å². The number of methoxy groups -OCH3 is 1. The van der Waals surface area contributed by atoms with E-state index in [1.165, 1.54) is 0 Å². The molecule has 2 rings (SSSR count). The number of nitrogens with zero attached hydrogens (tertiary/aromatic N) is 2. The van der Waals surface area contributed by atoms with Gasteiger partial charge in [0, 0.05) is 7.11 Å². The summed E-state index contributed by atoms with van der Waals surface area (Å²) in [6.07, 6.45) is 0. The standard InChI is InChI=1S/C8H12N2O3/c1-8(4-12-5-8)7-10-9-6(13-7)3-11-2/h3-5H2,1-2H3. The van der Waals surface area contributed by atoms with Crippen molar-refractivity contribution in [1.29, 1.82) is 0 Å². The van der Waals surface area contributed by atoms with Crippen molar-refractivity contribution < 1.29 is 13.9 Å². The van der Waals surface area contributed by atoms with Crippen molar-refractivity contribution in [3.05, 3.63) is 11.8 Å². The summed E-state index contributed by atoms with van der Waals surface area (Å²) in [5.74, 6) is 1.16. The van der Waals surface area contributed by atoms with Crippen LogP contribution in [0.1, 0.15) is 18.7 Å². The Bertz CT molecular complexity index is 293. The average molecular weight is 184 g/mol. The molecule has 0 N–H and O–H groups in total. The average Bonchev–Trinajstić information content (AvgIpc) is 2.50. The lowest BCUT2D eigenvalue weighted by atomic mass is 9.89. The molecule has 0 aliphatic carbocycles. The summed E-state index contributed by atoms with van der Waals surface area (Å²) in [7, 11) is 1.60. The normalized spacial score (nSPS) is 19.8. The Kier molecular flexibility index (Phi) is 2.05. The molecule has 1 saturated heterocycles. The van der Waals surface area contributed by atoms with Gasteiger partial charge in [-0.15, -0.1) is 10.2 Å². The van der Waals surface area contributed by atoms with Crippen molar-refractivity contribution in [2.24, 2.45) is 0 Å². The lowest BCUT2D eigenvalue weighted by Crippen LogP contribution is -2.44. The highest BCUT2D eigenvalue weighted by Crippen LogP contribution is 2.30. The molecule has 1 aliphatic rings. The van der Waals surface area contributed by atoms with E-state index in [1.807, 2.05) is 6.92 Å². The molecule has 0 amide bonds. The molecule has 72 valence electrons. The highest BCUT2D eigenvalue weighted by Gasteiger charge is 2.40. The fourth-order valence-electron chi connectivity index (χ4n) is 1.21. The first-order valence-electron chi connectivity index (χ1n) is 4.14. The molecule has 5 nitrogen and oxygen atoms in total. The van der Waals surface area contributed by atoms with E-state index in [2.05, 4.69) is 10.2 Å². The van der Waals surface area contributed by atoms with E-state index in [-0.39, 0.29) is 5.41 Å². The van der Waals surface area contributed by atoms with E-state index in [1.54, 1.807) is 7.11 Å². The minimum atomic E-state index is -0.0843. The van der Waals surface area contributed by atoms with Gasteiger partial charge in [-0.05, 0) is 6.92 Å². The third-order valence-corrected chi connectivity index (χ3v) is 2.09. The van der Waals surface area contributed by atoms with Crippen LogP contribution in [0.15, 0.2) is 4.42 Å². The summed E-state index contributed by atoms with van der Waals surface area (Å²) in [6.45, 7) is 3.72. The Morgan fingerprint density at radius 3 is 2.77 bits per heavy atom. The van der Waals surface area contributed by atoms with Crippen LogP contribution in [0.2, 0.25) is 0 Å². The fourth-order valence-corrected chi connectivity index (χ4v) is 1.21. The Morgan fingerprint density at radius 1 is 1.46 bits per heavy atom. The number of hydrogen-bond acceptors (Lipinski definition) is 5. The number of ether oxygens (including phenoxy) is 2. The molecule has 1 aromatic heterocycles. The minimum absolute atomic E-state index is 0.0843. The van der Waals surface area contributed by atoms with E-state index in [4.69, 9.17) is 13.9 Å². The van der Waals surface area contributed by atoms with Crippen molar-refractivity contribution in [2.75, 3.05) is 20.3 Å². The van der Waals surface area contributed by atoms with Crippen LogP contribution in [-0.4, -0.2) is 30.5 Å². The van der Waals surface area contributed by atoms with Gasteiger partial charge >= 0.3 is 0 Å². The first-order chi connectivity index (χ1) is 6.24. The van der Waals surface area contributed by atoms with Crippen molar-refractivity contribution in [3.8, 4) is 0 Å². The van der Waals surface area contributed by atoms with Gasteiger partial charge < -0.3 is 13.9 Å². The molecular formula is C8H12N2O3. The maximum Gasteiger partial charge on any atom is 0.242 e. The predicted molar refractivity (Wildman–Crippen MR) is 43.2 cm³/mol. The highest BCUT2D eigenvalue weighted by atomic mass is 16.5. The second-order valence-corrected chi connectivity index (χ2v) is 3.49. The van der Waals surface area contributed by atoms with Gasteiger partial charge in [-0.3, -0.25) is 0 Å². The summed E-state index contributed by atoms with van der Waals surface area (Å²) in [6, 6.07) is 0. The topological polar surface area (TPSA) is 57.4 Å². The van der Waals surface area contributed by atoms with Gasteiger partial charge in [0.25, 0.3) is 0 Å². The molecule has 0 saturated carbocycles. The van der Waals surface area contributed by atoms with Crippen molar-refractivity contribution in [2.45, 2.75) is 18.9 Å². The van der Waals surface area contributed by atoms with Crippen LogP contribution in [0.25, 0.3) is 0 Å². The van der Waals surface area contributed by atoms with Gasteiger partial charge in [-0.1, -0.05) is 0 Å². The van der Waals surface area contributed by atoms with Gasteiger partial charge in [0.15, 0.2) is 0 Å². The quantitative estimate of drug-likeness (QED) is 0.684. The second kappa shape index (κ2) is 3.08. The Hall–Kier alpha value is -0.940. The lowest BCUT2D eigenvalue weighted by molar-refractivity contribution is -0.0632. The van der Waals surface area contributed by atoms with Crippen LogP contribution >= 0.6 is 0 Å². The first-order valence-corrected chi connectivity index (χ1v) is 4.14. The maximum atomic E-state index is 5.40. The fraction of sp³-hybridized carbons (Fsp3) is 0.750. The van der Waals surface area contributed by atoms with E-state index < -0.39 is 0 Å². The smallest absolute Gasteiger partial charge is 0.242 e. The molecular weight excluding hydrogens is 172 g/mol. The molecule has 2 heterocycles. The van der Waals surface area contributed by atoms with Crippen LogP contribution in [-0.2, 0) is 21.5 Å². The summed E-state index contributed by atoms with van der Waals surface area (Å²) in [5, 5.41) is 7.81. The summed E-state index contributed by atoms with van der Waals surface area (Å²) >= 11 is 0. The molecule has 0 unspecified atom stereocenters. The molecule has 0 bridgehead atoms. The molecule has 13 heavy (non-hydrogen) atoms. The van der Waals surface area contributed by atoms with Crippen LogP contribution in [0, 0.1) is 0 Å². The van der Waals surface area contributed by atoms with Gasteiger partial charge in [0.1, 0.15) is 6.61 Å². The molecule has 0 spiro atoms. The van der Waals surface area contributed by atoms with Crippen LogP contribution in [0.5, 0.6) is 0 Å². The number of rotatable bonds is 3. The Balaban J connectivity index is 2.12. The Morgan fingerprint density at radius 2 is 2.23 bits per heavy atom. The monoisotopic (exact) mass is 184 g/mol. The molecule has 0 atom stereocenters. The lowest BCUT2D eigenvalue weighted by Gasteiger charge is -2.34. The first kappa shape index (κ1) is 8.65. The summed E-state index contributed by atoms with van der Waals surface area (Å²) in [4.78, 5) is 0. The third-order valence-electron chi connectivity index (χ3n) is 2.09. The maximum absolute atomic E-state index is 5.40. The molecule has 1 aromatic rings. The zero-order chi connectivity index (χ0) is 9.31. The SMILES string of the molecule is COCc1nnc(C2(C)COC2)o1. The molecule has 0 aromatic carbocycles. The summed E-state index contributed by atoms with van der Waals surface area (Å²) < 4.78 is 15.4. The largest absolute Gasteiger partial charge is 0.422 e. The molecule has 0 radical (unpaired) electrons. The number of hydrogen-bond donors (Lipinski definition) is 0. The molecule has 1 fully saturated rings. The van der Waals surface area contributed by atoms with E-state index in [0.717, 1.165) is 0 Å². The third kappa shape index (κ3) is 1.45.